The number of rotatable bonds is 10. The molecule has 4 aliphatic rings. The van der Waals surface area contributed by atoms with Crippen molar-refractivity contribution in [3.05, 3.63) is 124 Å². The zero-order valence-corrected chi connectivity index (χ0v) is 52.6. The van der Waals surface area contributed by atoms with Crippen LogP contribution in [0.1, 0.15) is 143 Å². The summed E-state index contributed by atoms with van der Waals surface area (Å²) in [5.74, 6) is 0.650. The van der Waals surface area contributed by atoms with Crippen molar-refractivity contribution in [2.75, 3.05) is 6.61 Å². The number of para-hydroxylation sites is 1. The Morgan fingerprint density at radius 2 is 1.19 bits per heavy atom. The number of benzene rings is 3. The Morgan fingerprint density at radius 3 is 1.70 bits per heavy atom. The lowest BCUT2D eigenvalue weighted by atomic mass is 9.64. The maximum absolute atomic E-state index is 13.8. The number of ketones is 2. The Hall–Kier alpha value is -5.82. The Morgan fingerprint density at radius 1 is 0.700 bits per heavy atom. The lowest BCUT2D eigenvalue weighted by molar-refractivity contribution is -0.172. The van der Waals surface area contributed by atoms with Crippen molar-refractivity contribution in [3.8, 4) is 17.1 Å². The molecule has 5 aromatic rings. The number of hydrogen-bond acceptors (Lipinski definition) is 13. The van der Waals surface area contributed by atoms with Gasteiger partial charge in [0, 0.05) is 17.2 Å². The summed E-state index contributed by atoms with van der Waals surface area (Å²) < 4.78 is 38.9. The molecule has 2 fully saturated rings. The SMILES string of the molecule is CC(C)[C@@H]1C[C@H](O[Si](C)(C)C(C)(C)C)[C@@]2(C)Oc3cc(-c4ccccc4)oc(=O)c3C(=O)[C@@H]2C1.CCOC(=O)C1=C(C)O[C@]2(C)[C@@H](O[Si](C)(C)C(C)(C)C)C[C@@H](C(C)C)C[C@H]2C1=O.O=C(c1ccccc1)n1nnc2ccccc21. The van der Waals surface area contributed by atoms with E-state index in [9.17, 15) is 24.0 Å². The summed E-state index contributed by atoms with van der Waals surface area (Å²) in [7, 11) is -4.21. The van der Waals surface area contributed by atoms with Crippen molar-refractivity contribution >= 4 is 51.1 Å². The maximum atomic E-state index is 13.8. The quantitative estimate of drug-likeness (QED) is 0.0734. The molecule has 0 saturated heterocycles. The van der Waals surface area contributed by atoms with Gasteiger partial charge in [-0.15, -0.1) is 5.10 Å². The molecule has 2 aromatic heterocycles. The lowest BCUT2D eigenvalue weighted by Crippen LogP contribution is -2.64. The molecule has 14 nitrogen and oxygen atoms in total. The zero-order chi connectivity index (χ0) is 59.1. The van der Waals surface area contributed by atoms with Gasteiger partial charge in [-0.2, -0.15) is 4.68 Å². The first-order chi connectivity index (χ1) is 37.3. The summed E-state index contributed by atoms with van der Waals surface area (Å²) in [4.78, 5) is 64.9. The monoisotopic (exact) mass is 1130 g/mol. The topological polar surface area (TPSA) is 175 Å². The second-order valence-corrected chi connectivity index (χ2v) is 35.9. The normalized spacial score (nSPS) is 25.0. The van der Waals surface area contributed by atoms with Crippen LogP contribution in [0, 0.1) is 35.5 Å². The summed E-state index contributed by atoms with van der Waals surface area (Å²) in [5, 5.41) is 7.93. The van der Waals surface area contributed by atoms with E-state index < -0.39 is 51.3 Å². The van der Waals surface area contributed by atoms with Crippen LogP contribution in [0.25, 0.3) is 22.4 Å². The summed E-state index contributed by atoms with van der Waals surface area (Å²) in [6, 6.07) is 27.6. The van der Waals surface area contributed by atoms with Gasteiger partial charge in [-0.25, -0.2) is 9.59 Å². The van der Waals surface area contributed by atoms with Gasteiger partial charge < -0.3 is 27.5 Å². The second kappa shape index (κ2) is 23.6. The fraction of sp³-hybridized carbons (Fsp3) is 0.547. The van der Waals surface area contributed by atoms with Crippen LogP contribution in [-0.4, -0.2) is 85.1 Å². The molecular weight excluding hydrogens is 1040 g/mol. The third kappa shape index (κ3) is 12.5. The van der Waals surface area contributed by atoms with E-state index in [0.29, 0.717) is 59.3 Å². The van der Waals surface area contributed by atoms with Crippen molar-refractivity contribution in [1.29, 1.82) is 0 Å². The molecule has 0 N–H and O–H groups in total. The summed E-state index contributed by atoms with van der Waals surface area (Å²) in [6.45, 7) is 38.7. The van der Waals surface area contributed by atoms with Crippen LogP contribution < -0.4 is 10.4 Å². The highest BCUT2D eigenvalue weighted by molar-refractivity contribution is 6.74. The van der Waals surface area contributed by atoms with E-state index in [1.807, 2.05) is 86.6 Å². The molecule has 8 atom stereocenters. The molecule has 432 valence electrons. The molecule has 2 aliphatic heterocycles. The van der Waals surface area contributed by atoms with Crippen molar-refractivity contribution in [1.82, 2.24) is 15.0 Å². The minimum Gasteiger partial charge on any atom is -0.488 e. The molecule has 2 aliphatic carbocycles. The van der Waals surface area contributed by atoms with Crippen LogP contribution in [0.2, 0.25) is 36.3 Å². The Kier molecular flexibility index (Phi) is 18.2. The van der Waals surface area contributed by atoms with Gasteiger partial charge in [-0.05, 0) is 138 Å². The van der Waals surface area contributed by atoms with Crippen molar-refractivity contribution < 1.29 is 46.7 Å². The highest BCUT2D eigenvalue weighted by Crippen LogP contribution is 2.53. The number of ether oxygens (including phenoxy) is 3. The van der Waals surface area contributed by atoms with Crippen molar-refractivity contribution in [2.24, 2.45) is 35.5 Å². The number of esters is 1. The Balaban J connectivity index is 0.000000182. The number of carbonyl (C=O) groups excluding carboxylic acids is 4. The van der Waals surface area contributed by atoms with Gasteiger partial charge in [-0.1, -0.05) is 135 Å². The largest absolute Gasteiger partial charge is 0.488 e. The summed E-state index contributed by atoms with van der Waals surface area (Å²) >= 11 is 0. The average molecular weight is 1130 g/mol. The van der Waals surface area contributed by atoms with Crippen LogP contribution in [0.3, 0.4) is 0 Å². The maximum Gasteiger partial charge on any atom is 0.351 e. The predicted molar refractivity (Wildman–Crippen MR) is 318 cm³/mol. The lowest BCUT2D eigenvalue weighted by Gasteiger charge is -2.54. The Labute approximate surface area is 476 Å². The third-order valence-electron chi connectivity index (χ3n) is 18.3. The van der Waals surface area contributed by atoms with E-state index in [1.165, 1.54) is 4.68 Å². The van der Waals surface area contributed by atoms with Crippen molar-refractivity contribution in [3.63, 3.8) is 0 Å². The van der Waals surface area contributed by atoms with Crippen LogP contribution in [-0.2, 0) is 27.9 Å². The molecule has 16 heteroatoms. The van der Waals surface area contributed by atoms with Gasteiger partial charge in [-0.3, -0.25) is 14.4 Å². The molecule has 9 rings (SSSR count). The molecule has 0 bridgehead atoms. The minimum atomic E-state index is -2.14. The second-order valence-electron chi connectivity index (χ2n) is 26.4. The van der Waals surface area contributed by atoms with E-state index in [-0.39, 0.29) is 57.5 Å². The number of carbonyl (C=O) groups is 4. The van der Waals surface area contributed by atoms with Crippen LogP contribution in [0.4, 0.5) is 0 Å². The third-order valence-corrected chi connectivity index (χ3v) is 27.3. The molecule has 0 radical (unpaired) electrons. The van der Waals surface area contributed by atoms with Gasteiger partial charge in [0.1, 0.15) is 45.1 Å². The average Bonchev–Trinajstić information content (AvgIpc) is 3.82. The molecule has 4 heterocycles. The van der Waals surface area contributed by atoms with E-state index in [4.69, 9.17) is 27.5 Å². The molecule has 80 heavy (non-hydrogen) atoms. The molecule has 2 saturated carbocycles. The summed E-state index contributed by atoms with van der Waals surface area (Å²) in [6.07, 6.45) is 2.69. The van der Waals surface area contributed by atoms with Crippen LogP contribution in [0.5, 0.6) is 5.75 Å². The number of Topliss-reactive ketones (excluding diaryl/α,β-unsaturated/α-hetero) is 2. The number of aromatic nitrogens is 3. The fourth-order valence-corrected chi connectivity index (χ4v) is 13.8. The van der Waals surface area contributed by atoms with Gasteiger partial charge in [0.2, 0.25) is 0 Å². The Bertz CT molecular complexity index is 3150. The van der Waals surface area contributed by atoms with E-state index in [0.717, 1.165) is 29.4 Å². The number of fused-ring (bicyclic) bond motifs is 4. The van der Waals surface area contributed by atoms with E-state index in [1.54, 1.807) is 32.0 Å². The highest BCUT2D eigenvalue weighted by atomic mass is 28.4. The number of nitrogens with zero attached hydrogens (tertiary/aromatic N) is 3. The smallest absolute Gasteiger partial charge is 0.351 e. The first-order valence-electron chi connectivity index (χ1n) is 28.6. The summed E-state index contributed by atoms with van der Waals surface area (Å²) in [5.41, 5.74) is 0.689. The first kappa shape index (κ1) is 61.8. The molecule has 0 amide bonds. The van der Waals surface area contributed by atoms with Gasteiger partial charge in [0.25, 0.3) is 5.91 Å². The minimum absolute atomic E-state index is 0.0295. The molecule has 0 unspecified atom stereocenters. The molecule has 3 aromatic carbocycles. The first-order valence-corrected chi connectivity index (χ1v) is 34.4. The van der Waals surface area contributed by atoms with Gasteiger partial charge >= 0.3 is 11.6 Å². The number of hydrogen-bond donors (Lipinski definition) is 0. The zero-order valence-electron chi connectivity index (χ0n) is 50.6. The van der Waals surface area contributed by atoms with E-state index >= 15 is 0 Å². The van der Waals surface area contributed by atoms with E-state index in [2.05, 4.69) is 106 Å². The van der Waals surface area contributed by atoms with Gasteiger partial charge in [0.15, 0.2) is 28.2 Å². The van der Waals surface area contributed by atoms with Crippen LogP contribution >= 0.6 is 0 Å². The molecule has 0 spiro atoms. The fourth-order valence-electron chi connectivity index (χ4n) is 11.1. The van der Waals surface area contributed by atoms with Gasteiger partial charge in [0.05, 0.1) is 36.2 Å². The van der Waals surface area contributed by atoms with Crippen LogP contribution in [0.15, 0.2) is 112 Å². The highest BCUT2D eigenvalue weighted by Gasteiger charge is 2.60. The number of allylic oxidation sites excluding steroid dienone is 1. The standard InChI is InChI=1S/C28H38O5Si.C23H40O5Si.C13H9N3O/c1-17(2)19-14-20-25(29)24-22(16-21(31-26(24)30)18-12-10-9-11-13-18)32-28(20,6)23(15-19)33-34(7,8)27(3,4)5;1-11-26-21(25)19-15(4)27-23(8)17(20(19)24)12-16(14(2)3)13-18(23)28-29(9,10)22(5,6)7;17-13(10-6-2-1-3-7-10)16-12-9-5-4-8-11(12)14-15-16/h9-13,16-17,19-20,23H,14-15H2,1-8H3;14,16-18H,11-13H2,1-10H3;1-9H/t19-,20-,23-,28-;16-,17-,18-,23-;/m00./s1. The predicted octanol–water partition coefficient (Wildman–Crippen LogP) is 14.1. The molecular formula is C64H87N3O11Si2. The van der Waals surface area contributed by atoms with Crippen molar-refractivity contribution in [2.45, 2.75) is 182 Å².